The summed E-state index contributed by atoms with van der Waals surface area (Å²) >= 11 is 0. The molecule has 0 saturated carbocycles. The average molecular weight is 363 g/mol. The third kappa shape index (κ3) is 3.84. The number of para-hydroxylation sites is 2. The SMILES string of the molecule is O=C(O)CC1CCCc2cc(NC(=O)Cc3nc4ccccc4[nH]3)ccc21. The first kappa shape index (κ1) is 17.3. The zero-order valence-corrected chi connectivity index (χ0v) is 14.9. The minimum Gasteiger partial charge on any atom is -0.481 e. The summed E-state index contributed by atoms with van der Waals surface area (Å²) in [5.41, 5.74) is 4.73. The highest BCUT2D eigenvalue weighted by Crippen LogP contribution is 2.35. The number of hydrogen-bond acceptors (Lipinski definition) is 3. The van der Waals surface area contributed by atoms with E-state index in [2.05, 4.69) is 15.3 Å². The maximum absolute atomic E-state index is 12.4. The van der Waals surface area contributed by atoms with E-state index < -0.39 is 5.97 Å². The van der Waals surface area contributed by atoms with Crippen LogP contribution in [0.2, 0.25) is 0 Å². The van der Waals surface area contributed by atoms with Gasteiger partial charge in [0.2, 0.25) is 5.91 Å². The van der Waals surface area contributed by atoms with Gasteiger partial charge in [0.05, 0.1) is 23.9 Å². The van der Waals surface area contributed by atoms with E-state index in [1.165, 1.54) is 0 Å². The molecule has 27 heavy (non-hydrogen) atoms. The number of fused-ring (bicyclic) bond motifs is 2. The van der Waals surface area contributed by atoms with Gasteiger partial charge in [-0.2, -0.15) is 0 Å². The Morgan fingerprint density at radius 3 is 2.89 bits per heavy atom. The summed E-state index contributed by atoms with van der Waals surface area (Å²) in [6.07, 6.45) is 3.12. The van der Waals surface area contributed by atoms with Crippen molar-refractivity contribution in [3.8, 4) is 0 Å². The minimum absolute atomic E-state index is 0.0616. The maximum atomic E-state index is 12.4. The number of carbonyl (C=O) groups is 2. The Labute approximate surface area is 156 Å². The van der Waals surface area contributed by atoms with Crippen molar-refractivity contribution >= 4 is 28.6 Å². The Kier molecular flexibility index (Phi) is 4.62. The van der Waals surface area contributed by atoms with Crippen LogP contribution in [-0.4, -0.2) is 27.0 Å². The van der Waals surface area contributed by atoms with Crippen LogP contribution in [0.5, 0.6) is 0 Å². The lowest BCUT2D eigenvalue weighted by molar-refractivity contribution is -0.137. The molecule has 1 aliphatic carbocycles. The number of carboxylic acid groups (broad SMARTS) is 1. The predicted molar refractivity (Wildman–Crippen MR) is 103 cm³/mol. The van der Waals surface area contributed by atoms with E-state index in [0.717, 1.165) is 47.1 Å². The molecule has 1 aliphatic rings. The zero-order chi connectivity index (χ0) is 18.8. The van der Waals surface area contributed by atoms with E-state index in [-0.39, 0.29) is 24.7 Å². The first-order chi connectivity index (χ1) is 13.1. The molecule has 4 rings (SSSR count). The molecular weight excluding hydrogens is 342 g/mol. The molecular formula is C21H21N3O3. The fourth-order valence-electron chi connectivity index (χ4n) is 3.86. The standard InChI is InChI=1S/C21H21N3O3/c25-20(12-19-23-17-6-1-2-7-18(17)24-19)22-15-8-9-16-13(10-15)4-3-5-14(16)11-21(26)27/h1-2,6-10,14H,3-5,11-12H2,(H,22,25)(H,23,24)(H,26,27). The summed E-state index contributed by atoms with van der Waals surface area (Å²) in [5.74, 6) is -0.206. The second-order valence-electron chi connectivity index (χ2n) is 7.03. The highest BCUT2D eigenvalue weighted by atomic mass is 16.4. The smallest absolute Gasteiger partial charge is 0.303 e. The molecule has 1 aromatic heterocycles. The molecule has 0 saturated heterocycles. The van der Waals surface area contributed by atoms with Crippen LogP contribution in [0.15, 0.2) is 42.5 Å². The topological polar surface area (TPSA) is 95.1 Å². The Hall–Kier alpha value is -3.15. The second-order valence-corrected chi connectivity index (χ2v) is 7.03. The predicted octanol–water partition coefficient (Wildman–Crippen LogP) is 3.64. The number of aryl methyl sites for hydroxylation is 1. The number of carboxylic acids is 1. The largest absolute Gasteiger partial charge is 0.481 e. The van der Waals surface area contributed by atoms with Crippen molar-refractivity contribution in [2.24, 2.45) is 0 Å². The van der Waals surface area contributed by atoms with Crippen LogP contribution in [0.25, 0.3) is 11.0 Å². The van der Waals surface area contributed by atoms with E-state index in [1.54, 1.807) is 0 Å². The number of H-pyrrole nitrogens is 1. The number of carbonyl (C=O) groups excluding carboxylic acids is 1. The molecule has 6 heteroatoms. The van der Waals surface area contributed by atoms with Crippen LogP contribution in [0.1, 0.15) is 42.1 Å². The molecule has 0 radical (unpaired) electrons. The fraction of sp³-hybridized carbons (Fsp3) is 0.286. The molecule has 0 bridgehead atoms. The summed E-state index contributed by atoms with van der Waals surface area (Å²) in [6, 6.07) is 13.5. The molecule has 1 atom stereocenters. The molecule has 3 N–H and O–H groups in total. The highest BCUT2D eigenvalue weighted by Gasteiger charge is 2.23. The molecule has 3 aromatic rings. The molecule has 0 fully saturated rings. The molecule has 138 valence electrons. The lowest BCUT2D eigenvalue weighted by Crippen LogP contribution is -2.17. The maximum Gasteiger partial charge on any atom is 0.303 e. The van der Waals surface area contributed by atoms with Crippen LogP contribution in [0.4, 0.5) is 5.69 Å². The Bertz CT molecular complexity index is 976. The number of anilines is 1. The van der Waals surface area contributed by atoms with E-state index in [9.17, 15) is 9.59 Å². The minimum atomic E-state index is -0.768. The fourth-order valence-corrected chi connectivity index (χ4v) is 3.86. The van der Waals surface area contributed by atoms with Crippen LogP contribution >= 0.6 is 0 Å². The van der Waals surface area contributed by atoms with Gasteiger partial charge in [-0.15, -0.1) is 0 Å². The van der Waals surface area contributed by atoms with Crippen molar-refractivity contribution in [2.75, 3.05) is 5.32 Å². The van der Waals surface area contributed by atoms with Gasteiger partial charge >= 0.3 is 5.97 Å². The monoisotopic (exact) mass is 363 g/mol. The van der Waals surface area contributed by atoms with E-state index in [4.69, 9.17) is 5.11 Å². The summed E-state index contributed by atoms with van der Waals surface area (Å²) in [5, 5.41) is 12.0. The summed E-state index contributed by atoms with van der Waals surface area (Å²) in [4.78, 5) is 31.0. The molecule has 1 amide bonds. The van der Waals surface area contributed by atoms with E-state index in [1.807, 2.05) is 42.5 Å². The lowest BCUT2D eigenvalue weighted by Gasteiger charge is -2.25. The van der Waals surface area contributed by atoms with Crippen LogP contribution in [0, 0.1) is 0 Å². The molecule has 0 aliphatic heterocycles. The average Bonchev–Trinajstić information content (AvgIpc) is 3.03. The number of nitrogens with zero attached hydrogens (tertiary/aromatic N) is 1. The van der Waals surface area contributed by atoms with Gasteiger partial charge in [-0.25, -0.2) is 4.98 Å². The zero-order valence-electron chi connectivity index (χ0n) is 14.9. The first-order valence-electron chi connectivity index (χ1n) is 9.16. The van der Waals surface area contributed by atoms with Crippen molar-refractivity contribution < 1.29 is 14.7 Å². The number of nitrogens with one attached hydrogen (secondary N) is 2. The van der Waals surface area contributed by atoms with Gasteiger partial charge in [0.25, 0.3) is 0 Å². The molecule has 6 nitrogen and oxygen atoms in total. The van der Waals surface area contributed by atoms with Crippen molar-refractivity contribution in [3.63, 3.8) is 0 Å². The van der Waals surface area contributed by atoms with Crippen molar-refractivity contribution in [1.82, 2.24) is 9.97 Å². The van der Waals surface area contributed by atoms with Crippen LogP contribution in [0.3, 0.4) is 0 Å². The van der Waals surface area contributed by atoms with Gasteiger partial charge in [0.1, 0.15) is 5.82 Å². The number of aromatic amines is 1. The Morgan fingerprint density at radius 1 is 1.22 bits per heavy atom. The number of imidazole rings is 1. The van der Waals surface area contributed by atoms with Gasteiger partial charge in [-0.05, 0) is 60.6 Å². The third-order valence-electron chi connectivity index (χ3n) is 5.05. The molecule has 1 unspecified atom stereocenters. The third-order valence-corrected chi connectivity index (χ3v) is 5.05. The van der Waals surface area contributed by atoms with E-state index >= 15 is 0 Å². The summed E-state index contributed by atoms with van der Waals surface area (Å²) in [6.45, 7) is 0. The quantitative estimate of drug-likeness (QED) is 0.645. The van der Waals surface area contributed by atoms with Gasteiger partial charge in [-0.1, -0.05) is 18.2 Å². The van der Waals surface area contributed by atoms with Crippen LogP contribution in [-0.2, 0) is 22.4 Å². The Morgan fingerprint density at radius 2 is 2.07 bits per heavy atom. The van der Waals surface area contributed by atoms with Crippen LogP contribution < -0.4 is 5.32 Å². The number of amides is 1. The van der Waals surface area contributed by atoms with E-state index in [0.29, 0.717) is 5.82 Å². The number of aliphatic carboxylic acids is 1. The normalized spacial score (nSPS) is 16.1. The second kappa shape index (κ2) is 7.23. The molecule has 0 spiro atoms. The van der Waals surface area contributed by atoms with Gasteiger partial charge in [0, 0.05) is 5.69 Å². The molecule has 1 heterocycles. The first-order valence-corrected chi connectivity index (χ1v) is 9.16. The number of benzene rings is 2. The van der Waals surface area contributed by atoms with Gasteiger partial charge < -0.3 is 15.4 Å². The van der Waals surface area contributed by atoms with Crippen molar-refractivity contribution in [1.29, 1.82) is 0 Å². The number of aromatic nitrogens is 2. The highest BCUT2D eigenvalue weighted by molar-refractivity contribution is 5.92. The molecule has 2 aromatic carbocycles. The summed E-state index contributed by atoms with van der Waals surface area (Å²) < 4.78 is 0. The number of hydrogen-bond donors (Lipinski definition) is 3. The van der Waals surface area contributed by atoms with Crippen molar-refractivity contribution in [3.05, 3.63) is 59.4 Å². The lowest BCUT2D eigenvalue weighted by atomic mass is 9.81. The summed E-state index contributed by atoms with van der Waals surface area (Å²) in [7, 11) is 0. The van der Waals surface area contributed by atoms with Gasteiger partial charge in [-0.3, -0.25) is 9.59 Å². The van der Waals surface area contributed by atoms with Gasteiger partial charge in [0.15, 0.2) is 0 Å². The number of rotatable bonds is 5. The van der Waals surface area contributed by atoms with Crippen molar-refractivity contribution in [2.45, 2.75) is 38.0 Å². The Balaban J connectivity index is 1.46.